The Morgan fingerprint density at radius 2 is 2.10 bits per heavy atom. The summed E-state index contributed by atoms with van der Waals surface area (Å²) in [5, 5.41) is 10.8. The van der Waals surface area contributed by atoms with E-state index in [0.717, 1.165) is 0 Å². The van der Waals surface area contributed by atoms with Crippen molar-refractivity contribution in [2.75, 3.05) is 13.7 Å². The molecule has 2 rings (SSSR count). The molecule has 0 bridgehead atoms. The van der Waals surface area contributed by atoms with Crippen LogP contribution in [-0.2, 0) is 7.05 Å². The summed E-state index contributed by atoms with van der Waals surface area (Å²) in [7, 11) is 3.23. The number of Topliss-reactive ketones (excluding diaryl/α,β-unsaturated/α-hetero) is 1. The molecule has 2 aromatic rings. The Labute approximate surface area is 120 Å². The summed E-state index contributed by atoms with van der Waals surface area (Å²) >= 11 is 0. The van der Waals surface area contributed by atoms with Crippen molar-refractivity contribution in [2.45, 2.75) is 0 Å². The highest BCUT2D eigenvalue weighted by molar-refractivity contribution is 5.97. The third kappa shape index (κ3) is 3.38. The van der Waals surface area contributed by atoms with Crippen LogP contribution < -0.4 is 9.47 Å². The van der Waals surface area contributed by atoms with Crippen molar-refractivity contribution in [3.8, 4) is 11.5 Å². The quantitative estimate of drug-likeness (QED) is 0.462. The number of non-ortho nitro benzene ring substituents is 1. The van der Waals surface area contributed by atoms with Crippen molar-refractivity contribution >= 4 is 11.5 Å². The van der Waals surface area contributed by atoms with Gasteiger partial charge in [-0.2, -0.15) is 0 Å². The average molecular weight is 290 g/mol. The van der Waals surface area contributed by atoms with Crippen LogP contribution in [0.1, 0.15) is 10.4 Å². The summed E-state index contributed by atoms with van der Waals surface area (Å²) in [6.45, 7) is -0.221. The van der Waals surface area contributed by atoms with Crippen LogP contribution in [0.15, 0.2) is 36.7 Å². The Bertz CT molecular complexity index is 678. The topological polar surface area (TPSA) is 83.6 Å². The molecule has 0 amide bonds. The van der Waals surface area contributed by atoms with E-state index in [1.165, 1.54) is 25.3 Å². The molecule has 0 unspecified atom stereocenters. The minimum atomic E-state index is -0.536. The highest BCUT2D eigenvalue weighted by atomic mass is 16.6. The normalized spacial score (nSPS) is 10.2. The Morgan fingerprint density at radius 3 is 2.67 bits per heavy atom. The van der Waals surface area contributed by atoms with Gasteiger partial charge in [0.2, 0.25) is 5.78 Å². The number of aromatic nitrogens is 1. The molecule has 110 valence electrons. The largest absolute Gasteiger partial charge is 0.493 e. The van der Waals surface area contributed by atoms with Crippen LogP contribution in [0.25, 0.3) is 0 Å². The van der Waals surface area contributed by atoms with E-state index in [9.17, 15) is 14.9 Å². The molecule has 0 saturated carbocycles. The molecule has 0 spiro atoms. The minimum Gasteiger partial charge on any atom is -0.493 e. The second kappa shape index (κ2) is 6.08. The van der Waals surface area contributed by atoms with Crippen molar-refractivity contribution in [3.05, 3.63) is 52.3 Å². The highest BCUT2D eigenvalue weighted by Gasteiger charge is 2.14. The molecule has 0 saturated heterocycles. The van der Waals surface area contributed by atoms with Gasteiger partial charge >= 0.3 is 0 Å². The van der Waals surface area contributed by atoms with Crippen LogP contribution in [0, 0.1) is 10.1 Å². The summed E-state index contributed by atoms with van der Waals surface area (Å²) in [6.07, 6.45) is 3.43. The third-order valence-corrected chi connectivity index (χ3v) is 2.87. The van der Waals surface area contributed by atoms with Gasteiger partial charge in [0.25, 0.3) is 5.69 Å². The second-order valence-electron chi connectivity index (χ2n) is 4.37. The number of carbonyl (C=O) groups excluding carboxylic acids is 1. The first kappa shape index (κ1) is 14.6. The maximum atomic E-state index is 11.9. The summed E-state index contributed by atoms with van der Waals surface area (Å²) < 4.78 is 12.2. The number of ketones is 1. The molecule has 0 radical (unpaired) electrons. The molecule has 0 atom stereocenters. The van der Waals surface area contributed by atoms with Crippen LogP contribution in [0.2, 0.25) is 0 Å². The standard InChI is InChI=1S/C14H14N2O5/c1-15-6-5-10(8-15)12(17)9-21-14-7-11(16(18)19)3-4-13(14)20-2/h3-8H,9H2,1-2H3. The van der Waals surface area contributed by atoms with Crippen LogP contribution in [-0.4, -0.2) is 29.0 Å². The van der Waals surface area contributed by atoms with Crippen molar-refractivity contribution in [3.63, 3.8) is 0 Å². The number of nitro groups is 1. The zero-order chi connectivity index (χ0) is 15.4. The van der Waals surface area contributed by atoms with Crippen LogP contribution in [0.4, 0.5) is 5.69 Å². The number of nitro benzene ring substituents is 1. The summed E-state index contributed by atoms with van der Waals surface area (Å²) in [5.41, 5.74) is 0.389. The lowest BCUT2D eigenvalue weighted by atomic mass is 10.2. The van der Waals surface area contributed by atoms with Crippen LogP contribution in [0.5, 0.6) is 11.5 Å². The predicted octanol–water partition coefficient (Wildman–Crippen LogP) is 2.20. The number of benzene rings is 1. The lowest BCUT2D eigenvalue weighted by Gasteiger charge is -2.09. The SMILES string of the molecule is COc1ccc([N+](=O)[O-])cc1OCC(=O)c1ccn(C)c1. The van der Waals surface area contributed by atoms with Gasteiger partial charge in [-0.15, -0.1) is 0 Å². The Hall–Kier alpha value is -2.83. The molecule has 1 aromatic carbocycles. The highest BCUT2D eigenvalue weighted by Crippen LogP contribution is 2.31. The van der Waals surface area contributed by atoms with E-state index in [2.05, 4.69) is 0 Å². The molecule has 0 aliphatic carbocycles. The molecule has 0 aliphatic heterocycles. The number of hydrogen-bond acceptors (Lipinski definition) is 5. The average Bonchev–Trinajstić information content (AvgIpc) is 2.91. The number of aryl methyl sites for hydroxylation is 1. The van der Waals surface area contributed by atoms with Crippen LogP contribution in [0.3, 0.4) is 0 Å². The summed E-state index contributed by atoms with van der Waals surface area (Å²) in [6, 6.07) is 5.65. The van der Waals surface area contributed by atoms with Crippen LogP contribution >= 0.6 is 0 Å². The Kier molecular flexibility index (Phi) is 4.22. The van der Waals surface area contributed by atoms with Crippen molar-refractivity contribution in [2.24, 2.45) is 7.05 Å². The lowest BCUT2D eigenvalue weighted by Crippen LogP contribution is -2.11. The molecule has 1 aromatic heterocycles. The number of rotatable bonds is 6. The number of nitrogens with zero attached hydrogens (tertiary/aromatic N) is 2. The molecule has 1 heterocycles. The van der Waals surface area contributed by atoms with E-state index in [4.69, 9.17) is 9.47 Å². The van der Waals surface area contributed by atoms with E-state index in [1.54, 1.807) is 30.1 Å². The first-order valence-corrected chi connectivity index (χ1v) is 6.11. The number of carbonyl (C=O) groups is 1. The fourth-order valence-electron chi connectivity index (χ4n) is 1.79. The summed E-state index contributed by atoms with van der Waals surface area (Å²) in [5.74, 6) is 0.279. The Morgan fingerprint density at radius 1 is 1.33 bits per heavy atom. The van der Waals surface area contributed by atoms with Gasteiger partial charge in [-0.1, -0.05) is 0 Å². The van der Waals surface area contributed by atoms with E-state index < -0.39 is 4.92 Å². The first-order chi connectivity index (χ1) is 10.0. The molecule has 21 heavy (non-hydrogen) atoms. The zero-order valence-corrected chi connectivity index (χ0v) is 11.6. The van der Waals surface area contributed by atoms with Gasteiger partial charge in [-0.3, -0.25) is 14.9 Å². The molecule has 7 heteroatoms. The van der Waals surface area contributed by atoms with Gasteiger partial charge in [0.05, 0.1) is 18.1 Å². The minimum absolute atomic E-state index is 0.127. The van der Waals surface area contributed by atoms with E-state index in [0.29, 0.717) is 11.3 Å². The molecule has 0 fully saturated rings. The predicted molar refractivity (Wildman–Crippen MR) is 74.9 cm³/mol. The van der Waals surface area contributed by atoms with Gasteiger partial charge in [0, 0.05) is 31.1 Å². The maximum Gasteiger partial charge on any atom is 0.273 e. The molecule has 0 N–H and O–H groups in total. The maximum absolute atomic E-state index is 11.9. The third-order valence-electron chi connectivity index (χ3n) is 2.87. The van der Waals surface area contributed by atoms with E-state index in [-0.39, 0.29) is 23.8 Å². The van der Waals surface area contributed by atoms with Crippen molar-refractivity contribution < 1.29 is 19.2 Å². The molecule has 7 nitrogen and oxygen atoms in total. The molecule has 0 aliphatic rings. The smallest absolute Gasteiger partial charge is 0.273 e. The second-order valence-corrected chi connectivity index (χ2v) is 4.37. The Balaban J connectivity index is 2.13. The number of methoxy groups -OCH3 is 1. The first-order valence-electron chi connectivity index (χ1n) is 6.11. The van der Waals surface area contributed by atoms with Gasteiger partial charge in [0.1, 0.15) is 0 Å². The molecular formula is C14H14N2O5. The van der Waals surface area contributed by atoms with Gasteiger partial charge < -0.3 is 14.0 Å². The van der Waals surface area contributed by atoms with Gasteiger partial charge in [-0.05, 0) is 12.1 Å². The van der Waals surface area contributed by atoms with E-state index >= 15 is 0 Å². The van der Waals surface area contributed by atoms with Crippen molar-refractivity contribution in [1.29, 1.82) is 0 Å². The number of ether oxygens (including phenoxy) is 2. The summed E-state index contributed by atoms with van der Waals surface area (Å²) in [4.78, 5) is 22.2. The fourth-order valence-corrected chi connectivity index (χ4v) is 1.79. The van der Waals surface area contributed by atoms with Gasteiger partial charge in [-0.25, -0.2) is 0 Å². The van der Waals surface area contributed by atoms with Gasteiger partial charge in [0.15, 0.2) is 18.1 Å². The van der Waals surface area contributed by atoms with Crippen molar-refractivity contribution in [1.82, 2.24) is 4.57 Å². The number of hydrogen-bond donors (Lipinski definition) is 0. The molecular weight excluding hydrogens is 276 g/mol. The zero-order valence-electron chi connectivity index (χ0n) is 11.6. The van der Waals surface area contributed by atoms with E-state index in [1.807, 2.05) is 0 Å². The monoisotopic (exact) mass is 290 g/mol. The fraction of sp³-hybridized carbons (Fsp3) is 0.214. The lowest BCUT2D eigenvalue weighted by molar-refractivity contribution is -0.385.